The lowest BCUT2D eigenvalue weighted by Gasteiger charge is -2.23. The number of hydrogen-bond acceptors (Lipinski definition) is 3. The first kappa shape index (κ1) is 14.2. The van der Waals surface area contributed by atoms with Gasteiger partial charge in [0.25, 0.3) is 0 Å². The minimum Gasteiger partial charge on any atom is -0.486 e. The van der Waals surface area contributed by atoms with Crippen molar-refractivity contribution in [1.29, 1.82) is 0 Å². The largest absolute Gasteiger partial charge is 0.486 e. The SMILES string of the molecule is Clc1c(OC2CCCCC2)cnn1CC1CCCOC1. The molecule has 2 fully saturated rings. The van der Waals surface area contributed by atoms with E-state index >= 15 is 0 Å². The quantitative estimate of drug-likeness (QED) is 0.851. The topological polar surface area (TPSA) is 36.3 Å². The molecule has 0 amide bonds. The van der Waals surface area contributed by atoms with Gasteiger partial charge in [-0.1, -0.05) is 18.0 Å². The summed E-state index contributed by atoms with van der Waals surface area (Å²) in [6.45, 7) is 2.53. The summed E-state index contributed by atoms with van der Waals surface area (Å²) in [6, 6.07) is 0. The van der Waals surface area contributed by atoms with Crippen LogP contribution in [0.1, 0.15) is 44.9 Å². The third-order valence-corrected chi connectivity index (χ3v) is 4.66. The van der Waals surface area contributed by atoms with E-state index in [2.05, 4.69) is 5.10 Å². The van der Waals surface area contributed by atoms with Crippen molar-refractivity contribution in [1.82, 2.24) is 9.78 Å². The molecule has 0 aromatic carbocycles. The molecule has 4 nitrogen and oxygen atoms in total. The first-order valence-electron chi connectivity index (χ1n) is 7.78. The summed E-state index contributed by atoms with van der Waals surface area (Å²) in [6.07, 6.45) is 10.5. The molecule has 2 heterocycles. The highest BCUT2D eigenvalue weighted by molar-refractivity contribution is 6.31. The summed E-state index contributed by atoms with van der Waals surface area (Å²) in [7, 11) is 0. The second-order valence-corrected chi connectivity index (χ2v) is 6.30. The number of aromatic nitrogens is 2. The minimum atomic E-state index is 0.317. The number of halogens is 1. The molecule has 3 rings (SSSR count). The molecule has 1 saturated heterocycles. The number of hydrogen-bond donors (Lipinski definition) is 0. The van der Waals surface area contributed by atoms with Crippen LogP contribution in [0.4, 0.5) is 0 Å². The monoisotopic (exact) mass is 298 g/mol. The Morgan fingerprint density at radius 3 is 2.85 bits per heavy atom. The molecule has 112 valence electrons. The van der Waals surface area contributed by atoms with Crippen LogP contribution in [0.15, 0.2) is 6.20 Å². The highest BCUT2D eigenvalue weighted by atomic mass is 35.5. The molecule has 1 saturated carbocycles. The molecule has 1 atom stereocenters. The highest BCUT2D eigenvalue weighted by Crippen LogP contribution is 2.30. The van der Waals surface area contributed by atoms with Gasteiger partial charge in [-0.25, -0.2) is 0 Å². The van der Waals surface area contributed by atoms with Crippen molar-refractivity contribution < 1.29 is 9.47 Å². The summed E-state index contributed by atoms with van der Waals surface area (Å²) in [5.74, 6) is 1.26. The number of nitrogens with zero attached hydrogens (tertiary/aromatic N) is 2. The number of ether oxygens (including phenoxy) is 2. The van der Waals surface area contributed by atoms with Crippen LogP contribution in [0, 0.1) is 5.92 Å². The highest BCUT2D eigenvalue weighted by Gasteiger charge is 2.21. The fourth-order valence-corrected chi connectivity index (χ4v) is 3.32. The maximum Gasteiger partial charge on any atom is 0.176 e. The fraction of sp³-hybridized carbons (Fsp3) is 0.800. The molecular weight excluding hydrogens is 276 g/mol. The van der Waals surface area contributed by atoms with Gasteiger partial charge < -0.3 is 9.47 Å². The standard InChI is InChI=1S/C15H23ClN2O2/c16-15-14(20-13-6-2-1-3-7-13)9-17-18(15)10-12-5-4-8-19-11-12/h9,12-13H,1-8,10-11H2. The fourth-order valence-electron chi connectivity index (χ4n) is 3.12. The van der Waals surface area contributed by atoms with E-state index in [9.17, 15) is 0 Å². The molecule has 1 aromatic heterocycles. The Bertz CT molecular complexity index is 386. The zero-order valence-corrected chi connectivity index (χ0v) is 12.6. The average Bonchev–Trinajstić information content (AvgIpc) is 2.83. The zero-order valence-electron chi connectivity index (χ0n) is 11.9. The van der Waals surface area contributed by atoms with Gasteiger partial charge in [0.15, 0.2) is 10.9 Å². The molecule has 20 heavy (non-hydrogen) atoms. The second-order valence-electron chi connectivity index (χ2n) is 5.94. The van der Waals surface area contributed by atoms with Crippen LogP contribution in [0.25, 0.3) is 0 Å². The van der Waals surface area contributed by atoms with E-state index in [1.807, 2.05) is 4.68 Å². The maximum atomic E-state index is 6.40. The average molecular weight is 299 g/mol. The van der Waals surface area contributed by atoms with Crippen molar-refractivity contribution in [3.8, 4) is 5.75 Å². The van der Waals surface area contributed by atoms with Gasteiger partial charge in [-0.2, -0.15) is 5.10 Å². The lowest BCUT2D eigenvalue weighted by molar-refractivity contribution is 0.0470. The van der Waals surface area contributed by atoms with E-state index in [1.54, 1.807) is 6.20 Å². The van der Waals surface area contributed by atoms with E-state index in [1.165, 1.54) is 25.7 Å². The number of rotatable bonds is 4. The van der Waals surface area contributed by atoms with Gasteiger partial charge in [-0.15, -0.1) is 0 Å². The molecular formula is C15H23ClN2O2. The van der Waals surface area contributed by atoms with Gasteiger partial charge in [-0.3, -0.25) is 4.68 Å². The first-order valence-corrected chi connectivity index (χ1v) is 8.16. The van der Waals surface area contributed by atoms with Crippen LogP contribution in [-0.2, 0) is 11.3 Å². The van der Waals surface area contributed by atoms with Crippen molar-refractivity contribution >= 4 is 11.6 Å². The van der Waals surface area contributed by atoms with Gasteiger partial charge in [-0.05, 0) is 38.5 Å². The third-order valence-electron chi connectivity index (χ3n) is 4.28. The van der Waals surface area contributed by atoms with E-state index < -0.39 is 0 Å². The molecule has 0 spiro atoms. The van der Waals surface area contributed by atoms with E-state index in [-0.39, 0.29) is 0 Å². The Morgan fingerprint density at radius 1 is 1.25 bits per heavy atom. The van der Waals surface area contributed by atoms with Crippen LogP contribution in [0.2, 0.25) is 5.15 Å². The smallest absolute Gasteiger partial charge is 0.176 e. The molecule has 5 heteroatoms. The molecule has 2 aliphatic rings. The molecule has 1 unspecified atom stereocenters. The van der Waals surface area contributed by atoms with Gasteiger partial charge in [0, 0.05) is 19.1 Å². The van der Waals surface area contributed by atoms with Crippen molar-refractivity contribution in [2.75, 3.05) is 13.2 Å². The van der Waals surface area contributed by atoms with Gasteiger partial charge >= 0.3 is 0 Å². The Balaban J connectivity index is 1.59. The lowest BCUT2D eigenvalue weighted by Crippen LogP contribution is -2.22. The lowest BCUT2D eigenvalue weighted by atomic mass is 9.98. The summed E-state index contributed by atoms with van der Waals surface area (Å²) in [5, 5.41) is 5.02. The molecule has 0 bridgehead atoms. The molecule has 1 aliphatic carbocycles. The minimum absolute atomic E-state index is 0.317. The Kier molecular flexibility index (Phi) is 4.84. The van der Waals surface area contributed by atoms with E-state index in [0.29, 0.717) is 17.2 Å². The van der Waals surface area contributed by atoms with Crippen molar-refractivity contribution in [2.45, 2.75) is 57.6 Å². The summed E-state index contributed by atoms with van der Waals surface area (Å²) < 4.78 is 13.4. The van der Waals surface area contributed by atoms with Crippen molar-refractivity contribution in [3.63, 3.8) is 0 Å². The summed E-state index contributed by atoms with van der Waals surface area (Å²) in [5.41, 5.74) is 0. The van der Waals surface area contributed by atoms with Gasteiger partial charge in [0.2, 0.25) is 0 Å². The second kappa shape index (κ2) is 6.81. The van der Waals surface area contributed by atoms with Gasteiger partial charge in [0.1, 0.15) is 0 Å². The Hall–Kier alpha value is -0.740. The van der Waals surface area contributed by atoms with Crippen LogP contribution in [0.3, 0.4) is 0 Å². The van der Waals surface area contributed by atoms with Crippen molar-refractivity contribution in [3.05, 3.63) is 11.3 Å². The molecule has 0 radical (unpaired) electrons. The van der Waals surface area contributed by atoms with Crippen LogP contribution in [-0.4, -0.2) is 29.1 Å². The summed E-state index contributed by atoms with van der Waals surface area (Å²) >= 11 is 6.40. The first-order chi connectivity index (χ1) is 9.83. The van der Waals surface area contributed by atoms with Crippen LogP contribution < -0.4 is 4.74 Å². The van der Waals surface area contributed by atoms with E-state index in [0.717, 1.165) is 44.8 Å². The van der Waals surface area contributed by atoms with Crippen LogP contribution >= 0.6 is 11.6 Å². The Labute approximate surface area is 125 Å². The summed E-state index contributed by atoms with van der Waals surface area (Å²) in [4.78, 5) is 0. The van der Waals surface area contributed by atoms with Gasteiger partial charge in [0.05, 0.1) is 18.9 Å². The van der Waals surface area contributed by atoms with Crippen LogP contribution in [0.5, 0.6) is 5.75 Å². The Morgan fingerprint density at radius 2 is 2.10 bits per heavy atom. The normalized spacial score (nSPS) is 24.8. The zero-order chi connectivity index (χ0) is 13.8. The third kappa shape index (κ3) is 3.47. The molecule has 1 aromatic rings. The van der Waals surface area contributed by atoms with Crippen molar-refractivity contribution in [2.24, 2.45) is 5.92 Å². The van der Waals surface area contributed by atoms with E-state index in [4.69, 9.17) is 21.1 Å². The predicted molar refractivity (Wildman–Crippen MR) is 78.3 cm³/mol. The maximum absolute atomic E-state index is 6.40. The molecule has 0 N–H and O–H groups in total. The predicted octanol–water partition coefficient (Wildman–Crippen LogP) is 3.67. The molecule has 1 aliphatic heterocycles.